The first kappa shape index (κ1) is 18.0. The van der Waals surface area contributed by atoms with Crippen molar-refractivity contribution in [2.75, 3.05) is 26.2 Å². The standard InChI is InChI=1S/C20H21Cl2N3/c21-19-8-6-18(7-9-19)16-24-10-12-25(13-11-24)23-15-20(22)14-17-4-2-1-3-5-17/h1-9,14-15H,10-13,16H2/p+1/b20-14-,23-15-. The van der Waals surface area contributed by atoms with Crippen molar-refractivity contribution in [3.8, 4) is 0 Å². The highest BCUT2D eigenvalue weighted by molar-refractivity contribution is 6.41. The number of allylic oxidation sites excluding steroid dienone is 1. The van der Waals surface area contributed by atoms with Gasteiger partial charge in [0, 0.05) is 10.6 Å². The molecule has 3 nitrogen and oxygen atoms in total. The lowest BCUT2D eigenvalue weighted by atomic mass is 10.2. The quantitative estimate of drug-likeness (QED) is 0.795. The highest BCUT2D eigenvalue weighted by atomic mass is 35.5. The molecule has 0 bridgehead atoms. The van der Waals surface area contributed by atoms with Gasteiger partial charge < -0.3 is 4.90 Å². The minimum Gasteiger partial charge on any atom is -0.328 e. The number of hydrazone groups is 1. The van der Waals surface area contributed by atoms with Crippen LogP contribution in [0.2, 0.25) is 5.02 Å². The maximum absolute atomic E-state index is 6.25. The molecule has 2 aromatic rings. The van der Waals surface area contributed by atoms with Crippen molar-refractivity contribution in [1.29, 1.82) is 0 Å². The molecule has 1 fully saturated rings. The highest BCUT2D eigenvalue weighted by Crippen LogP contribution is 2.09. The molecule has 0 radical (unpaired) electrons. The van der Waals surface area contributed by atoms with Crippen LogP contribution in [0.5, 0.6) is 0 Å². The molecule has 1 aliphatic heterocycles. The Morgan fingerprint density at radius 1 is 1.04 bits per heavy atom. The van der Waals surface area contributed by atoms with E-state index in [0.717, 1.165) is 43.3 Å². The van der Waals surface area contributed by atoms with Crippen molar-refractivity contribution in [2.45, 2.75) is 6.54 Å². The Morgan fingerprint density at radius 2 is 1.72 bits per heavy atom. The average molecular weight is 375 g/mol. The van der Waals surface area contributed by atoms with Crippen LogP contribution in [0.15, 0.2) is 64.7 Å². The minimum atomic E-state index is 0.641. The van der Waals surface area contributed by atoms with Gasteiger partial charge in [0.1, 0.15) is 6.54 Å². The Morgan fingerprint density at radius 3 is 2.40 bits per heavy atom. The van der Waals surface area contributed by atoms with E-state index in [-0.39, 0.29) is 0 Å². The zero-order valence-electron chi connectivity index (χ0n) is 14.0. The van der Waals surface area contributed by atoms with Crippen molar-refractivity contribution in [3.63, 3.8) is 0 Å². The van der Waals surface area contributed by atoms with Crippen LogP contribution in [0.4, 0.5) is 0 Å². The van der Waals surface area contributed by atoms with Crippen LogP contribution >= 0.6 is 23.2 Å². The molecule has 0 saturated carbocycles. The van der Waals surface area contributed by atoms with Crippen LogP contribution in [-0.2, 0) is 6.54 Å². The van der Waals surface area contributed by atoms with E-state index >= 15 is 0 Å². The van der Waals surface area contributed by atoms with Gasteiger partial charge in [0.15, 0.2) is 0 Å². The number of piperazine rings is 1. The molecule has 1 aliphatic rings. The topological polar surface area (TPSA) is 20.0 Å². The molecule has 1 heterocycles. The number of nitrogens with zero attached hydrogens (tertiary/aromatic N) is 2. The summed E-state index contributed by atoms with van der Waals surface area (Å²) in [6, 6.07) is 18.2. The molecule has 1 N–H and O–H groups in total. The van der Waals surface area contributed by atoms with Crippen LogP contribution in [0, 0.1) is 0 Å². The summed E-state index contributed by atoms with van der Waals surface area (Å²) in [6.07, 6.45) is 3.66. The molecule has 25 heavy (non-hydrogen) atoms. The number of nitrogens with one attached hydrogen (secondary N) is 1. The van der Waals surface area contributed by atoms with E-state index in [0.29, 0.717) is 5.03 Å². The van der Waals surface area contributed by atoms with Crippen LogP contribution < -0.4 is 4.90 Å². The van der Waals surface area contributed by atoms with Gasteiger partial charge in [-0.2, -0.15) is 5.10 Å². The van der Waals surface area contributed by atoms with Gasteiger partial charge in [-0.3, -0.25) is 5.01 Å². The molecule has 5 heteroatoms. The molecule has 3 rings (SSSR count). The second-order valence-electron chi connectivity index (χ2n) is 6.19. The summed E-state index contributed by atoms with van der Waals surface area (Å²) in [5.74, 6) is 0. The molecule has 0 aliphatic carbocycles. The summed E-state index contributed by atoms with van der Waals surface area (Å²) >= 11 is 12.2. The first-order valence-corrected chi connectivity index (χ1v) is 9.24. The van der Waals surface area contributed by atoms with Gasteiger partial charge in [-0.15, -0.1) is 0 Å². The molecule has 0 unspecified atom stereocenters. The third kappa shape index (κ3) is 5.89. The Balaban J connectivity index is 1.47. The maximum Gasteiger partial charge on any atom is 0.103 e. The number of halogens is 2. The lowest BCUT2D eigenvalue weighted by Gasteiger charge is -2.30. The summed E-state index contributed by atoms with van der Waals surface area (Å²) in [4.78, 5) is 1.57. The van der Waals surface area contributed by atoms with E-state index in [1.165, 1.54) is 5.56 Å². The molecule has 0 amide bonds. The summed E-state index contributed by atoms with van der Waals surface area (Å²) < 4.78 is 0. The molecular weight excluding hydrogens is 353 g/mol. The normalized spacial score (nSPS) is 16.6. The molecule has 0 spiro atoms. The van der Waals surface area contributed by atoms with Crippen molar-refractivity contribution in [3.05, 3.63) is 75.8 Å². The van der Waals surface area contributed by atoms with Crippen LogP contribution in [0.25, 0.3) is 6.08 Å². The predicted octanol–water partition coefficient (Wildman–Crippen LogP) is 3.31. The van der Waals surface area contributed by atoms with E-state index in [2.05, 4.69) is 22.2 Å². The fourth-order valence-electron chi connectivity index (χ4n) is 2.88. The smallest absolute Gasteiger partial charge is 0.103 e. The Labute approximate surface area is 159 Å². The molecule has 0 atom stereocenters. The van der Waals surface area contributed by atoms with Gasteiger partial charge in [-0.05, 0) is 23.8 Å². The zero-order valence-corrected chi connectivity index (χ0v) is 15.5. The average Bonchev–Trinajstić information content (AvgIpc) is 2.64. The third-order valence-corrected chi connectivity index (χ3v) is 4.72. The largest absolute Gasteiger partial charge is 0.328 e. The van der Waals surface area contributed by atoms with Crippen molar-refractivity contribution in [1.82, 2.24) is 5.01 Å². The minimum absolute atomic E-state index is 0.641. The second-order valence-corrected chi connectivity index (χ2v) is 7.06. The monoisotopic (exact) mass is 374 g/mol. The molecule has 0 aromatic heterocycles. The highest BCUT2D eigenvalue weighted by Gasteiger charge is 2.18. The van der Waals surface area contributed by atoms with E-state index < -0.39 is 0 Å². The summed E-state index contributed by atoms with van der Waals surface area (Å²) in [6.45, 7) is 5.05. The Bertz CT molecular complexity index is 718. The van der Waals surface area contributed by atoms with Gasteiger partial charge in [0.25, 0.3) is 0 Å². The number of rotatable bonds is 5. The number of hydrogen-bond donors (Lipinski definition) is 1. The van der Waals surface area contributed by atoms with E-state index in [1.807, 2.05) is 48.5 Å². The molecular formula is C20H22Cl2N3+. The predicted molar refractivity (Wildman–Crippen MR) is 106 cm³/mol. The first-order chi connectivity index (χ1) is 12.2. The number of hydrogen-bond acceptors (Lipinski definition) is 2. The van der Waals surface area contributed by atoms with Gasteiger partial charge in [-0.1, -0.05) is 65.7 Å². The molecule has 2 aromatic carbocycles. The fraction of sp³-hybridized carbons (Fsp3) is 0.250. The van der Waals surface area contributed by atoms with Crippen LogP contribution in [-0.4, -0.2) is 37.4 Å². The summed E-state index contributed by atoms with van der Waals surface area (Å²) in [7, 11) is 0. The van der Waals surface area contributed by atoms with Crippen molar-refractivity contribution in [2.24, 2.45) is 5.10 Å². The molecule has 1 saturated heterocycles. The number of benzene rings is 2. The molecule has 130 valence electrons. The maximum atomic E-state index is 6.25. The Hall–Kier alpha value is -1.81. The van der Waals surface area contributed by atoms with E-state index in [1.54, 1.807) is 11.1 Å². The first-order valence-electron chi connectivity index (χ1n) is 8.48. The fourth-order valence-corrected chi connectivity index (χ4v) is 3.17. The zero-order chi connectivity index (χ0) is 17.5. The number of quaternary nitrogens is 1. The van der Waals surface area contributed by atoms with Gasteiger partial charge in [0.05, 0.1) is 37.4 Å². The van der Waals surface area contributed by atoms with Crippen molar-refractivity contribution >= 4 is 35.5 Å². The third-order valence-electron chi connectivity index (χ3n) is 4.26. The van der Waals surface area contributed by atoms with Gasteiger partial charge >= 0.3 is 0 Å². The SMILES string of the molecule is ClC(/C=N\N1CC[NH+](Cc2ccc(Cl)cc2)CC1)=C\c1ccccc1. The van der Waals surface area contributed by atoms with Crippen LogP contribution in [0.1, 0.15) is 11.1 Å². The lowest BCUT2D eigenvalue weighted by Crippen LogP contribution is -3.13. The van der Waals surface area contributed by atoms with Gasteiger partial charge in [0.2, 0.25) is 0 Å². The lowest BCUT2D eigenvalue weighted by molar-refractivity contribution is -0.918. The van der Waals surface area contributed by atoms with Crippen LogP contribution in [0.3, 0.4) is 0 Å². The second kappa shape index (κ2) is 9.04. The van der Waals surface area contributed by atoms with E-state index in [4.69, 9.17) is 23.2 Å². The van der Waals surface area contributed by atoms with Gasteiger partial charge in [-0.25, -0.2) is 0 Å². The van der Waals surface area contributed by atoms with Crippen molar-refractivity contribution < 1.29 is 4.90 Å². The Kier molecular flexibility index (Phi) is 6.51. The summed E-state index contributed by atoms with van der Waals surface area (Å²) in [5.41, 5.74) is 2.40. The summed E-state index contributed by atoms with van der Waals surface area (Å²) in [5, 5.41) is 8.03. The van der Waals surface area contributed by atoms with E-state index in [9.17, 15) is 0 Å².